The van der Waals surface area contributed by atoms with Gasteiger partial charge in [0, 0.05) is 0 Å². The van der Waals surface area contributed by atoms with Crippen molar-refractivity contribution in [1.82, 2.24) is 0 Å². The van der Waals surface area contributed by atoms with Gasteiger partial charge in [-0.25, -0.2) is 0 Å². The van der Waals surface area contributed by atoms with Crippen molar-refractivity contribution in [3.05, 3.63) is 29.3 Å². The number of rotatable bonds is 2. The van der Waals surface area contributed by atoms with E-state index in [0.29, 0.717) is 5.75 Å². The third-order valence-electron chi connectivity index (χ3n) is 4.05. The molecule has 1 aromatic carbocycles. The highest BCUT2D eigenvalue weighted by Crippen LogP contribution is 2.29. The molecule has 0 N–H and O–H groups in total. The molecular formula is C16H22O2. The van der Waals surface area contributed by atoms with E-state index in [1.165, 1.54) is 5.56 Å². The maximum atomic E-state index is 12.0. The van der Waals surface area contributed by atoms with Gasteiger partial charge in [-0.15, -0.1) is 0 Å². The van der Waals surface area contributed by atoms with Gasteiger partial charge in [-0.1, -0.05) is 13.0 Å². The molecule has 1 aromatic rings. The first-order valence-corrected chi connectivity index (χ1v) is 6.85. The highest BCUT2D eigenvalue weighted by atomic mass is 16.5. The van der Waals surface area contributed by atoms with Crippen LogP contribution in [-0.2, 0) is 4.79 Å². The minimum Gasteiger partial charge on any atom is -0.426 e. The SMILES string of the molecule is Cc1ccc(OC(=O)C2CCC(C)CC2)cc1C. The molecule has 1 saturated carbocycles. The number of aryl methyl sites for hydroxylation is 2. The van der Waals surface area contributed by atoms with Gasteiger partial charge in [0.2, 0.25) is 0 Å². The molecule has 1 aliphatic carbocycles. The minimum absolute atomic E-state index is 0.0508. The number of esters is 1. The summed E-state index contributed by atoms with van der Waals surface area (Å²) in [5, 5.41) is 0. The van der Waals surface area contributed by atoms with Crippen molar-refractivity contribution >= 4 is 5.97 Å². The quantitative estimate of drug-likeness (QED) is 0.581. The van der Waals surface area contributed by atoms with E-state index in [9.17, 15) is 4.79 Å². The van der Waals surface area contributed by atoms with E-state index in [4.69, 9.17) is 4.74 Å². The Hall–Kier alpha value is -1.31. The average molecular weight is 246 g/mol. The third kappa shape index (κ3) is 3.12. The van der Waals surface area contributed by atoms with Crippen LogP contribution in [0.1, 0.15) is 43.7 Å². The summed E-state index contributed by atoms with van der Waals surface area (Å²) >= 11 is 0. The summed E-state index contributed by atoms with van der Waals surface area (Å²) in [5.74, 6) is 1.49. The predicted molar refractivity (Wildman–Crippen MR) is 72.7 cm³/mol. The molecule has 98 valence electrons. The van der Waals surface area contributed by atoms with Crippen molar-refractivity contribution in [2.75, 3.05) is 0 Å². The highest BCUT2D eigenvalue weighted by Gasteiger charge is 2.25. The molecule has 0 radical (unpaired) electrons. The number of hydrogen-bond acceptors (Lipinski definition) is 2. The molecule has 2 nitrogen and oxygen atoms in total. The fourth-order valence-electron chi connectivity index (χ4n) is 2.47. The zero-order chi connectivity index (χ0) is 13.1. The van der Waals surface area contributed by atoms with Crippen molar-refractivity contribution in [3.63, 3.8) is 0 Å². The first-order valence-electron chi connectivity index (χ1n) is 6.85. The molecular weight excluding hydrogens is 224 g/mol. The Morgan fingerprint density at radius 3 is 2.39 bits per heavy atom. The smallest absolute Gasteiger partial charge is 0.314 e. The van der Waals surface area contributed by atoms with Crippen LogP contribution in [0.4, 0.5) is 0 Å². The van der Waals surface area contributed by atoms with Crippen LogP contribution >= 0.6 is 0 Å². The zero-order valence-corrected chi connectivity index (χ0v) is 11.5. The number of carbonyl (C=O) groups excluding carboxylic acids is 1. The van der Waals surface area contributed by atoms with E-state index in [1.807, 2.05) is 25.1 Å². The molecule has 0 aliphatic heterocycles. The number of carbonyl (C=O) groups is 1. The third-order valence-corrected chi connectivity index (χ3v) is 4.05. The molecule has 2 heteroatoms. The van der Waals surface area contributed by atoms with Gasteiger partial charge in [0.15, 0.2) is 0 Å². The summed E-state index contributed by atoms with van der Waals surface area (Å²) in [6.45, 7) is 6.35. The molecule has 1 aliphatic rings. The average Bonchev–Trinajstić information content (AvgIpc) is 2.34. The van der Waals surface area contributed by atoms with Crippen LogP contribution in [0.2, 0.25) is 0 Å². The largest absolute Gasteiger partial charge is 0.426 e. The molecule has 2 rings (SSSR count). The van der Waals surface area contributed by atoms with Crippen LogP contribution in [-0.4, -0.2) is 5.97 Å². The minimum atomic E-state index is -0.0508. The van der Waals surface area contributed by atoms with Crippen molar-refractivity contribution < 1.29 is 9.53 Å². The van der Waals surface area contributed by atoms with Gasteiger partial charge in [0.25, 0.3) is 0 Å². The van der Waals surface area contributed by atoms with Crippen molar-refractivity contribution in [1.29, 1.82) is 0 Å². The Balaban J connectivity index is 1.96. The number of benzene rings is 1. The summed E-state index contributed by atoms with van der Waals surface area (Å²) in [4.78, 5) is 12.0. The molecule has 0 aromatic heterocycles. The molecule has 0 spiro atoms. The lowest BCUT2D eigenvalue weighted by atomic mass is 9.83. The number of ether oxygens (including phenoxy) is 1. The van der Waals surface area contributed by atoms with Crippen LogP contribution in [0.25, 0.3) is 0 Å². The fraction of sp³-hybridized carbons (Fsp3) is 0.562. The lowest BCUT2D eigenvalue weighted by molar-refractivity contribution is -0.140. The lowest BCUT2D eigenvalue weighted by Crippen LogP contribution is -2.24. The normalized spacial score (nSPS) is 23.7. The molecule has 0 saturated heterocycles. The van der Waals surface area contributed by atoms with Crippen LogP contribution in [0.15, 0.2) is 18.2 Å². The topological polar surface area (TPSA) is 26.3 Å². The monoisotopic (exact) mass is 246 g/mol. The molecule has 0 heterocycles. The molecule has 0 unspecified atom stereocenters. The van der Waals surface area contributed by atoms with Gasteiger partial charge in [0.1, 0.15) is 5.75 Å². The Kier molecular flexibility index (Phi) is 4.05. The van der Waals surface area contributed by atoms with Crippen LogP contribution in [0.3, 0.4) is 0 Å². The van der Waals surface area contributed by atoms with Gasteiger partial charge in [-0.2, -0.15) is 0 Å². The summed E-state index contributed by atoms with van der Waals surface area (Å²) in [5.41, 5.74) is 2.39. The van der Waals surface area contributed by atoms with E-state index in [1.54, 1.807) is 0 Å². The Labute approximate surface area is 109 Å². The molecule has 1 fully saturated rings. The highest BCUT2D eigenvalue weighted by molar-refractivity contribution is 5.75. The summed E-state index contributed by atoms with van der Waals surface area (Å²) in [6, 6.07) is 5.82. The predicted octanol–water partition coefficient (Wildman–Crippen LogP) is 4.04. The van der Waals surface area contributed by atoms with Gasteiger partial charge in [-0.3, -0.25) is 4.79 Å². The Morgan fingerprint density at radius 1 is 1.11 bits per heavy atom. The van der Waals surface area contributed by atoms with Crippen molar-refractivity contribution in [2.24, 2.45) is 11.8 Å². The van der Waals surface area contributed by atoms with E-state index in [2.05, 4.69) is 13.8 Å². The lowest BCUT2D eigenvalue weighted by Gasteiger charge is -2.24. The van der Waals surface area contributed by atoms with Crippen LogP contribution in [0.5, 0.6) is 5.75 Å². The summed E-state index contributed by atoms with van der Waals surface area (Å²) in [7, 11) is 0. The maximum Gasteiger partial charge on any atom is 0.314 e. The Morgan fingerprint density at radius 2 is 1.78 bits per heavy atom. The van der Waals surface area contributed by atoms with Gasteiger partial charge in [0.05, 0.1) is 5.92 Å². The first-order chi connectivity index (χ1) is 8.56. The Bertz CT molecular complexity index is 429. The van der Waals surface area contributed by atoms with Crippen molar-refractivity contribution in [3.8, 4) is 5.75 Å². The molecule has 18 heavy (non-hydrogen) atoms. The van der Waals surface area contributed by atoms with Crippen LogP contribution < -0.4 is 4.74 Å². The standard InChI is InChI=1S/C16H22O2/c1-11-4-7-14(8-5-11)16(17)18-15-9-6-12(2)13(3)10-15/h6,9-11,14H,4-5,7-8H2,1-3H3. The second-order valence-corrected chi connectivity index (χ2v) is 5.62. The van der Waals surface area contributed by atoms with Gasteiger partial charge >= 0.3 is 5.97 Å². The molecule has 0 amide bonds. The first kappa shape index (κ1) is 13.1. The summed E-state index contributed by atoms with van der Waals surface area (Å²) < 4.78 is 5.49. The number of hydrogen-bond donors (Lipinski definition) is 0. The van der Waals surface area contributed by atoms with E-state index in [-0.39, 0.29) is 11.9 Å². The van der Waals surface area contributed by atoms with E-state index >= 15 is 0 Å². The maximum absolute atomic E-state index is 12.0. The zero-order valence-electron chi connectivity index (χ0n) is 11.5. The van der Waals surface area contributed by atoms with Gasteiger partial charge in [-0.05, 0) is 68.7 Å². The van der Waals surface area contributed by atoms with E-state index < -0.39 is 0 Å². The fourth-order valence-corrected chi connectivity index (χ4v) is 2.47. The molecule has 0 bridgehead atoms. The molecule has 0 atom stereocenters. The van der Waals surface area contributed by atoms with E-state index in [0.717, 1.165) is 37.2 Å². The van der Waals surface area contributed by atoms with Gasteiger partial charge < -0.3 is 4.74 Å². The van der Waals surface area contributed by atoms with Crippen molar-refractivity contribution in [2.45, 2.75) is 46.5 Å². The second kappa shape index (κ2) is 5.55. The summed E-state index contributed by atoms with van der Waals surface area (Å²) in [6.07, 6.45) is 4.25. The van der Waals surface area contributed by atoms with Crippen LogP contribution in [0, 0.1) is 25.7 Å². The second-order valence-electron chi connectivity index (χ2n) is 5.62.